The van der Waals surface area contributed by atoms with Crippen LogP contribution in [0.15, 0.2) is 75.9 Å². The number of hydrogen-bond donors (Lipinski definition) is 0. The van der Waals surface area contributed by atoms with Crippen molar-refractivity contribution in [2.75, 3.05) is 4.90 Å². The zero-order valence-corrected chi connectivity index (χ0v) is 17.4. The standard InChI is InChI=1S/C26H18FNO4/c1-14-3-12-21-20(13-14)24(30)22-23(17-4-8-18(27)9-5-17)28(26(31)25(22)32-21)19-10-6-16(7-11-19)15(2)29/h3-13,23H,1-2H3. The number of hydrogen-bond acceptors (Lipinski definition) is 4. The number of benzene rings is 3. The Morgan fingerprint density at radius 3 is 2.31 bits per heavy atom. The summed E-state index contributed by atoms with van der Waals surface area (Å²) < 4.78 is 19.5. The first-order chi connectivity index (χ1) is 15.3. The fourth-order valence-electron chi connectivity index (χ4n) is 4.17. The molecule has 0 saturated carbocycles. The van der Waals surface area contributed by atoms with Gasteiger partial charge in [0.05, 0.1) is 17.0 Å². The molecule has 0 spiro atoms. The maximum Gasteiger partial charge on any atom is 0.295 e. The van der Waals surface area contributed by atoms with Gasteiger partial charge in [-0.05, 0) is 67.9 Å². The fourth-order valence-corrected chi connectivity index (χ4v) is 4.17. The molecule has 1 aromatic heterocycles. The Kier molecular flexibility index (Phi) is 4.51. The number of anilines is 1. The lowest BCUT2D eigenvalue weighted by Gasteiger charge is -2.25. The van der Waals surface area contributed by atoms with Gasteiger partial charge in [-0.15, -0.1) is 0 Å². The number of rotatable bonds is 3. The highest BCUT2D eigenvalue weighted by Crippen LogP contribution is 2.41. The average molecular weight is 427 g/mol. The predicted molar refractivity (Wildman–Crippen MR) is 119 cm³/mol. The molecule has 5 rings (SSSR count). The van der Waals surface area contributed by atoms with Crippen LogP contribution in [-0.4, -0.2) is 11.7 Å². The van der Waals surface area contributed by atoms with E-state index in [1.54, 1.807) is 48.5 Å². The topological polar surface area (TPSA) is 67.6 Å². The zero-order chi connectivity index (χ0) is 22.6. The third kappa shape index (κ3) is 3.03. The van der Waals surface area contributed by atoms with Crippen molar-refractivity contribution in [3.05, 3.63) is 111 Å². The van der Waals surface area contributed by atoms with Crippen LogP contribution in [-0.2, 0) is 0 Å². The quantitative estimate of drug-likeness (QED) is 0.422. The van der Waals surface area contributed by atoms with Gasteiger partial charge >= 0.3 is 0 Å². The van der Waals surface area contributed by atoms with Crippen molar-refractivity contribution < 1.29 is 18.4 Å². The molecule has 32 heavy (non-hydrogen) atoms. The van der Waals surface area contributed by atoms with Gasteiger partial charge in [-0.3, -0.25) is 19.3 Å². The summed E-state index contributed by atoms with van der Waals surface area (Å²) >= 11 is 0. The third-order valence-electron chi connectivity index (χ3n) is 5.76. The zero-order valence-electron chi connectivity index (χ0n) is 17.4. The van der Waals surface area contributed by atoms with Gasteiger partial charge in [0.1, 0.15) is 11.4 Å². The monoisotopic (exact) mass is 427 g/mol. The molecule has 1 unspecified atom stereocenters. The SMILES string of the molecule is CC(=O)c1ccc(N2C(=O)c3oc4ccc(C)cc4c(=O)c3C2c2ccc(F)cc2)cc1. The Morgan fingerprint density at radius 1 is 0.969 bits per heavy atom. The molecule has 0 radical (unpaired) electrons. The van der Waals surface area contributed by atoms with Gasteiger partial charge in [-0.1, -0.05) is 23.8 Å². The van der Waals surface area contributed by atoms with Crippen molar-refractivity contribution in [1.29, 1.82) is 0 Å². The molecule has 5 nitrogen and oxygen atoms in total. The molecule has 1 amide bonds. The second-order valence-corrected chi connectivity index (χ2v) is 7.91. The Balaban J connectivity index is 1.77. The fraction of sp³-hybridized carbons (Fsp3) is 0.115. The number of ketones is 1. The van der Waals surface area contributed by atoms with Gasteiger partial charge in [0.25, 0.3) is 5.91 Å². The minimum Gasteiger partial charge on any atom is -0.450 e. The van der Waals surface area contributed by atoms with Crippen molar-refractivity contribution in [2.45, 2.75) is 19.9 Å². The van der Waals surface area contributed by atoms with Crippen molar-refractivity contribution in [3.63, 3.8) is 0 Å². The van der Waals surface area contributed by atoms with Gasteiger partial charge in [-0.2, -0.15) is 0 Å². The summed E-state index contributed by atoms with van der Waals surface area (Å²) in [6, 6.07) is 16.7. The van der Waals surface area contributed by atoms with E-state index in [2.05, 4.69) is 0 Å². The first-order valence-electron chi connectivity index (χ1n) is 10.1. The summed E-state index contributed by atoms with van der Waals surface area (Å²) in [4.78, 5) is 40.1. The molecule has 0 fully saturated rings. The number of carbonyl (C=O) groups excluding carboxylic acids is 2. The summed E-state index contributed by atoms with van der Waals surface area (Å²) in [6.45, 7) is 3.33. The van der Waals surface area contributed by atoms with Crippen LogP contribution in [0.25, 0.3) is 11.0 Å². The van der Waals surface area contributed by atoms with E-state index in [1.165, 1.54) is 24.0 Å². The van der Waals surface area contributed by atoms with Gasteiger partial charge in [0.2, 0.25) is 5.76 Å². The summed E-state index contributed by atoms with van der Waals surface area (Å²) in [5.41, 5.74) is 2.73. The second kappa shape index (κ2) is 7.27. The van der Waals surface area contributed by atoms with E-state index in [1.807, 2.05) is 13.0 Å². The minimum atomic E-state index is -0.789. The number of aryl methyl sites for hydroxylation is 1. The van der Waals surface area contributed by atoms with E-state index in [4.69, 9.17) is 4.42 Å². The molecule has 0 saturated heterocycles. The van der Waals surface area contributed by atoms with Gasteiger partial charge < -0.3 is 4.42 Å². The molecule has 1 atom stereocenters. The molecular formula is C26H18FNO4. The molecule has 3 aromatic carbocycles. The maximum atomic E-state index is 13.6. The van der Waals surface area contributed by atoms with E-state index >= 15 is 0 Å². The lowest BCUT2D eigenvalue weighted by atomic mass is 9.97. The van der Waals surface area contributed by atoms with Gasteiger partial charge in [-0.25, -0.2) is 4.39 Å². The van der Waals surface area contributed by atoms with E-state index in [0.29, 0.717) is 27.8 Å². The number of fused-ring (bicyclic) bond motifs is 2. The number of halogens is 1. The maximum absolute atomic E-state index is 13.6. The number of amides is 1. The Morgan fingerprint density at radius 2 is 1.66 bits per heavy atom. The molecule has 4 aromatic rings. The highest BCUT2D eigenvalue weighted by molar-refractivity contribution is 6.11. The minimum absolute atomic E-state index is 0.0312. The van der Waals surface area contributed by atoms with Crippen LogP contribution in [0.2, 0.25) is 0 Å². The highest BCUT2D eigenvalue weighted by Gasteiger charge is 2.43. The number of Topliss-reactive ketones (excluding diaryl/α,β-unsaturated/α-hetero) is 1. The molecule has 0 N–H and O–H groups in total. The predicted octanol–water partition coefficient (Wildman–Crippen LogP) is 5.19. The molecule has 1 aliphatic rings. The van der Waals surface area contributed by atoms with E-state index in [0.717, 1.165) is 5.56 Å². The lowest BCUT2D eigenvalue weighted by Crippen LogP contribution is -2.29. The average Bonchev–Trinajstić information content (AvgIpc) is 3.07. The first kappa shape index (κ1) is 19.9. The smallest absolute Gasteiger partial charge is 0.295 e. The first-order valence-corrected chi connectivity index (χ1v) is 10.1. The molecule has 0 aliphatic carbocycles. The normalized spacial score (nSPS) is 15.3. The lowest BCUT2D eigenvalue weighted by molar-refractivity contribution is 0.0970. The van der Waals surface area contributed by atoms with Crippen LogP contribution in [0.1, 0.15) is 50.6 Å². The van der Waals surface area contributed by atoms with E-state index in [-0.39, 0.29) is 22.5 Å². The molecular weight excluding hydrogens is 409 g/mol. The largest absolute Gasteiger partial charge is 0.450 e. The van der Waals surface area contributed by atoms with Crippen LogP contribution in [0.4, 0.5) is 10.1 Å². The van der Waals surface area contributed by atoms with E-state index in [9.17, 15) is 18.8 Å². The molecule has 1 aliphatic heterocycles. The Hall–Kier alpha value is -4.06. The van der Waals surface area contributed by atoms with Gasteiger partial charge in [0, 0.05) is 11.3 Å². The van der Waals surface area contributed by atoms with Crippen LogP contribution < -0.4 is 10.3 Å². The summed E-state index contributed by atoms with van der Waals surface area (Å²) in [6.07, 6.45) is 0. The molecule has 2 heterocycles. The van der Waals surface area contributed by atoms with Crippen LogP contribution in [0.5, 0.6) is 0 Å². The van der Waals surface area contributed by atoms with E-state index < -0.39 is 17.8 Å². The van der Waals surface area contributed by atoms with Crippen molar-refractivity contribution in [2.24, 2.45) is 0 Å². The summed E-state index contributed by atoms with van der Waals surface area (Å²) in [5.74, 6) is -1.02. The molecule has 0 bridgehead atoms. The number of carbonyl (C=O) groups is 2. The summed E-state index contributed by atoms with van der Waals surface area (Å²) in [5, 5.41) is 0.387. The van der Waals surface area contributed by atoms with Crippen molar-refractivity contribution in [1.82, 2.24) is 0 Å². The van der Waals surface area contributed by atoms with Crippen molar-refractivity contribution in [3.8, 4) is 0 Å². The highest BCUT2D eigenvalue weighted by atomic mass is 19.1. The molecule has 158 valence electrons. The number of nitrogens with zero attached hydrogens (tertiary/aromatic N) is 1. The molecule has 6 heteroatoms. The van der Waals surface area contributed by atoms with Gasteiger partial charge in [0.15, 0.2) is 11.2 Å². The summed E-state index contributed by atoms with van der Waals surface area (Å²) in [7, 11) is 0. The van der Waals surface area contributed by atoms with Crippen LogP contribution in [0.3, 0.4) is 0 Å². The third-order valence-corrected chi connectivity index (χ3v) is 5.76. The Labute approximate surface area is 182 Å². The Bertz CT molecular complexity index is 1450. The second-order valence-electron chi connectivity index (χ2n) is 7.91. The van der Waals surface area contributed by atoms with Crippen molar-refractivity contribution >= 4 is 28.3 Å². The van der Waals surface area contributed by atoms with Crippen LogP contribution in [0, 0.1) is 12.7 Å². The van der Waals surface area contributed by atoms with Crippen LogP contribution >= 0.6 is 0 Å².